The highest BCUT2D eigenvalue weighted by Crippen LogP contribution is 2.34. The monoisotopic (exact) mass is 363 g/mol. The van der Waals surface area contributed by atoms with Gasteiger partial charge in [0.15, 0.2) is 10.8 Å². The number of anilines is 1. The van der Waals surface area contributed by atoms with E-state index in [-0.39, 0.29) is 5.91 Å². The molecule has 0 unspecified atom stereocenters. The number of nitrogens with zero attached hydrogens (tertiary/aromatic N) is 3. The Balaban J connectivity index is 1.88. The Morgan fingerprint density at radius 2 is 1.92 bits per heavy atom. The summed E-state index contributed by atoms with van der Waals surface area (Å²) in [6.07, 6.45) is -2.69. The van der Waals surface area contributed by atoms with Crippen molar-refractivity contribution in [3.8, 4) is 0 Å². The molecule has 0 aliphatic carbocycles. The fraction of sp³-hybridized carbons (Fsp3) is 0.750. The van der Waals surface area contributed by atoms with Crippen molar-refractivity contribution in [1.29, 1.82) is 0 Å². The molecule has 0 bridgehead atoms. The van der Waals surface area contributed by atoms with E-state index in [1.165, 1.54) is 0 Å². The zero-order chi connectivity index (χ0) is 18.1. The van der Waals surface area contributed by atoms with Crippen LogP contribution in [0.2, 0.25) is 0 Å². The molecule has 24 heavy (non-hydrogen) atoms. The van der Waals surface area contributed by atoms with E-state index < -0.39 is 17.3 Å². The van der Waals surface area contributed by atoms with Crippen LogP contribution in [-0.4, -0.2) is 42.5 Å². The maximum absolute atomic E-state index is 12.6. The Labute approximate surface area is 144 Å². The van der Waals surface area contributed by atoms with Gasteiger partial charge in [0.2, 0.25) is 5.91 Å². The smallest absolute Gasteiger partial charge is 0.348 e. The van der Waals surface area contributed by atoms with Crippen LogP contribution in [0.5, 0.6) is 0 Å². The van der Waals surface area contributed by atoms with E-state index in [0.29, 0.717) is 30.7 Å². The molecule has 0 N–H and O–H groups in total. The molecule has 1 aliphatic heterocycles. The van der Waals surface area contributed by atoms with Gasteiger partial charge in [-0.25, -0.2) is 4.98 Å². The topological polar surface area (TPSA) is 36.4 Å². The van der Waals surface area contributed by atoms with Gasteiger partial charge in [-0.05, 0) is 18.8 Å². The van der Waals surface area contributed by atoms with Gasteiger partial charge in [0.25, 0.3) is 0 Å². The predicted molar refractivity (Wildman–Crippen MR) is 89.1 cm³/mol. The summed E-state index contributed by atoms with van der Waals surface area (Å²) in [6, 6.07) is 0. The van der Waals surface area contributed by atoms with Gasteiger partial charge < -0.3 is 9.80 Å². The molecular weight excluding hydrogens is 339 g/mol. The number of piperidine rings is 1. The normalized spacial score (nSPS) is 17.2. The molecule has 0 aromatic carbocycles. The second-order valence-corrected chi connectivity index (χ2v) is 8.22. The first-order chi connectivity index (χ1) is 11.0. The minimum Gasteiger partial charge on any atom is -0.348 e. The zero-order valence-corrected chi connectivity index (χ0v) is 15.3. The third kappa shape index (κ3) is 4.62. The molecule has 0 atom stereocenters. The van der Waals surface area contributed by atoms with Gasteiger partial charge in [-0.3, -0.25) is 4.79 Å². The lowest BCUT2D eigenvalue weighted by molar-refractivity contribution is -0.140. The molecule has 0 spiro atoms. The van der Waals surface area contributed by atoms with Crippen LogP contribution in [0.1, 0.15) is 39.3 Å². The van der Waals surface area contributed by atoms with Gasteiger partial charge in [-0.2, -0.15) is 13.2 Å². The van der Waals surface area contributed by atoms with Gasteiger partial charge in [-0.1, -0.05) is 20.8 Å². The molecule has 1 amide bonds. The molecule has 1 aliphatic rings. The molecule has 2 heterocycles. The SMILES string of the molecule is CN(CC1CCN(c2nc(C(F)(F)F)cs2)CC1)C(=O)C(C)(C)C. The van der Waals surface area contributed by atoms with Crippen molar-refractivity contribution in [3.63, 3.8) is 0 Å². The van der Waals surface area contributed by atoms with E-state index in [1.54, 1.807) is 4.90 Å². The largest absolute Gasteiger partial charge is 0.434 e. The number of amides is 1. The molecule has 1 aromatic heterocycles. The first-order valence-electron chi connectivity index (χ1n) is 8.01. The number of halogens is 3. The third-order valence-electron chi connectivity index (χ3n) is 4.19. The van der Waals surface area contributed by atoms with E-state index in [1.807, 2.05) is 32.7 Å². The van der Waals surface area contributed by atoms with Gasteiger partial charge in [0.05, 0.1) is 0 Å². The van der Waals surface area contributed by atoms with Crippen LogP contribution in [0.4, 0.5) is 18.3 Å². The minimum atomic E-state index is -4.39. The van der Waals surface area contributed by atoms with Crippen molar-refractivity contribution in [3.05, 3.63) is 11.1 Å². The quantitative estimate of drug-likeness (QED) is 0.818. The van der Waals surface area contributed by atoms with E-state index in [0.717, 1.165) is 29.6 Å². The molecule has 4 nitrogen and oxygen atoms in total. The van der Waals surface area contributed by atoms with Crippen LogP contribution in [-0.2, 0) is 11.0 Å². The number of hydrogen-bond acceptors (Lipinski definition) is 4. The predicted octanol–water partition coefficient (Wildman–Crippen LogP) is 3.88. The summed E-state index contributed by atoms with van der Waals surface area (Å²) in [5, 5.41) is 1.50. The first kappa shape index (κ1) is 19.0. The Morgan fingerprint density at radius 3 is 2.38 bits per heavy atom. The molecule has 1 saturated heterocycles. The van der Waals surface area contributed by atoms with E-state index >= 15 is 0 Å². The lowest BCUT2D eigenvalue weighted by Gasteiger charge is -2.35. The number of carbonyl (C=O) groups excluding carboxylic acids is 1. The molecule has 0 saturated carbocycles. The zero-order valence-electron chi connectivity index (χ0n) is 14.5. The fourth-order valence-corrected chi connectivity index (χ4v) is 3.78. The number of thiazole rings is 1. The van der Waals surface area contributed by atoms with Crippen molar-refractivity contribution in [2.45, 2.75) is 39.8 Å². The van der Waals surface area contributed by atoms with E-state index in [2.05, 4.69) is 4.98 Å². The van der Waals surface area contributed by atoms with Crippen LogP contribution in [0, 0.1) is 11.3 Å². The standard InChI is InChI=1S/C16H24F3N3OS/c1-15(2,3)13(23)21(4)9-11-5-7-22(8-6-11)14-20-12(10-24-14)16(17,18)19/h10-11H,5-9H2,1-4H3. The molecule has 2 rings (SSSR count). The van der Waals surface area contributed by atoms with Crippen molar-refractivity contribution in [2.24, 2.45) is 11.3 Å². The Hall–Kier alpha value is -1.31. The number of alkyl halides is 3. The van der Waals surface area contributed by atoms with E-state index in [4.69, 9.17) is 0 Å². The number of aromatic nitrogens is 1. The first-order valence-corrected chi connectivity index (χ1v) is 8.89. The van der Waals surface area contributed by atoms with Crippen LogP contribution in [0.3, 0.4) is 0 Å². The van der Waals surface area contributed by atoms with Crippen molar-refractivity contribution in [2.75, 3.05) is 31.6 Å². The summed E-state index contributed by atoms with van der Waals surface area (Å²) in [6.45, 7) is 7.73. The highest BCUT2D eigenvalue weighted by molar-refractivity contribution is 7.13. The van der Waals surface area contributed by atoms with Gasteiger partial charge in [-0.15, -0.1) is 11.3 Å². The maximum Gasteiger partial charge on any atom is 0.434 e. The summed E-state index contributed by atoms with van der Waals surface area (Å²) < 4.78 is 37.9. The number of hydrogen-bond donors (Lipinski definition) is 0. The second-order valence-electron chi connectivity index (χ2n) is 7.38. The summed E-state index contributed by atoms with van der Waals surface area (Å²) in [4.78, 5) is 19.6. The molecular formula is C16H24F3N3OS. The number of carbonyl (C=O) groups is 1. The lowest BCUT2D eigenvalue weighted by atomic mass is 9.92. The summed E-state index contributed by atoms with van der Waals surface area (Å²) in [7, 11) is 1.82. The third-order valence-corrected chi connectivity index (χ3v) is 5.09. The maximum atomic E-state index is 12.6. The molecule has 8 heteroatoms. The Bertz CT molecular complexity index is 572. The van der Waals surface area contributed by atoms with Crippen molar-refractivity contribution in [1.82, 2.24) is 9.88 Å². The second kappa shape index (κ2) is 6.90. The van der Waals surface area contributed by atoms with E-state index in [9.17, 15) is 18.0 Å². The highest BCUT2D eigenvalue weighted by atomic mass is 32.1. The molecule has 1 fully saturated rings. The van der Waals surface area contributed by atoms with Crippen LogP contribution in [0.15, 0.2) is 5.38 Å². The van der Waals surface area contributed by atoms with Crippen molar-refractivity contribution >= 4 is 22.4 Å². The Morgan fingerprint density at radius 1 is 1.33 bits per heavy atom. The van der Waals surface area contributed by atoms with Gasteiger partial charge in [0.1, 0.15) is 0 Å². The van der Waals surface area contributed by atoms with Gasteiger partial charge >= 0.3 is 6.18 Å². The lowest BCUT2D eigenvalue weighted by Crippen LogP contribution is -2.42. The summed E-state index contributed by atoms with van der Waals surface area (Å²) in [5.41, 5.74) is -1.22. The number of rotatable bonds is 3. The minimum absolute atomic E-state index is 0.111. The molecule has 0 radical (unpaired) electrons. The van der Waals surface area contributed by atoms with Crippen molar-refractivity contribution < 1.29 is 18.0 Å². The molecule has 1 aromatic rings. The van der Waals surface area contributed by atoms with Crippen LogP contribution < -0.4 is 4.90 Å². The molecule has 136 valence electrons. The highest BCUT2D eigenvalue weighted by Gasteiger charge is 2.35. The van der Waals surface area contributed by atoms with Crippen LogP contribution in [0.25, 0.3) is 0 Å². The Kier molecular flexibility index (Phi) is 5.47. The average Bonchev–Trinajstić information content (AvgIpc) is 2.96. The average molecular weight is 363 g/mol. The van der Waals surface area contributed by atoms with Crippen LogP contribution >= 0.6 is 11.3 Å². The summed E-state index contributed by atoms with van der Waals surface area (Å²) in [5.74, 6) is 0.485. The summed E-state index contributed by atoms with van der Waals surface area (Å²) >= 11 is 1.04. The van der Waals surface area contributed by atoms with Gasteiger partial charge in [0, 0.05) is 37.5 Å². The fourth-order valence-electron chi connectivity index (χ4n) is 2.89.